The molecule has 0 saturated heterocycles. The first-order chi connectivity index (χ1) is 17.6. The van der Waals surface area contributed by atoms with Gasteiger partial charge in [0, 0.05) is 43.3 Å². The van der Waals surface area contributed by atoms with Crippen LogP contribution in [0, 0.1) is 0 Å². The van der Waals surface area contributed by atoms with E-state index in [0.717, 1.165) is 41.3 Å². The van der Waals surface area contributed by atoms with Gasteiger partial charge in [-0.25, -0.2) is 18.8 Å². The van der Waals surface area contributed by atoms with Crippen LogP contribution in [-0.4, -0.2) is 48.1 Å². The number of ether oxygens (including phenoxy) is 2. The Morgan fingerprint density at radius 2 is 2.11 bits per heavy atom. The summed E-state index contributed by atoms with van der Waals surface area (Å²) in [5.41, 5.74) is 3.30. The molecule has 1 unspecified atom stereocenters. The van der Waals surface area contributed by atoms with Crippen molar-refractivity contribution in [2.75, 3.05) is 19.0 Å². The van der Waals surface area contributed by atoms with E-state index < -0.39 is 0 Å². The summed E-state index contributed by atoms with van der Waals surface area (Å²) >= 11 is 0. The second kappa shape index (κ2) is 9.06. The van der Waals surface area contributed by atoms with Crippen LogP contribution < -0.4 is 10.1 Å². The van der Waals surface area contributed by atoms with Crippen LogP contribution in [0.15, 0.2) is 59.9 Å². The van der Waals surface area contributed by atoms with Crippen LogP contribution in [0.1, 0.15) is 37.4 Å². The van der Waals surface area contributed by atoms with Gasteiger partial charge in [0.2, 0.25) is 11.8 Å². The topological polar surface area (TPSA) is 104 Å². The molecule has 6 rings (SSSR count). The van der Waals surface area contributed by atoms with Crippen LogP contribution in [0.2, 0.25) is 0 Å². The monoisotopic (exact) mass is 488 g/mol. The number of aromatic nitrogens is 7. The molecule has 0 spiro atoms. The van der Waals surface area contributed by atoms with Crippen molar-refractivity contribution in [3.63, 3.8) is 0 Å². The molecule has 2 aliphatic rings. The maximum Gasteiger partial charge on any atom is 0.228 e. The van der Waals surface area contributed by atoms with Crippen LogP contribution >= 0.6 is 0 Å². The second-order valence-corrected chi connectivity index (χ2v) is 8.88. The number of anilines is 2. The third-order valence-electron chi connectivity index (χ3n) is 6.62. The van der Waals surface area contributed by atoms with Crippen molar-refractivity contribution in [3.8, 4) is 17.1 Å². The van der Waals surface area contributed by atoms with Crippen molar-refractivity contribution in [1.82, 2.24) is 34.3 Å². The zero-order chi connectivity index (χ0) is 24.6. The first kappa shape index (κ1) is 22.2. The van der Waals surface area contributed by atoms with E-state index in [1.807, 2.05) is 35.7 Å². The quantitative estimate of drug-likeness (QED) is 0.424. The molecule has 1 N–H and O–H groups in total. The van der Waals surface area contributed by atoms with Crippen LogP contribution in [0.25, 0.3) is 16.9 Å². The minimum Gasteiger partial charge on any atom is -0.498 e. The lowest BCUT2D eigenvalue weighted by Crippen LogP contribution is -2.08. The molecular formula is C25H25FN8O2. The average molecular weight is 489 g/mol. The summed E-state index contributed by atoms with van der Waals surface area (Å²) in [5.74, 6) is 2.93. The van der Waals surface area contributed by atoms with Gasteiger partial charge in [-0.05, 0) is 37.5 Å². The molecule has 5 heterocycles. The Labute approximate surface area is 206 Å². The van der Waals surface area contributed by atoms with E-state index in [4.69, 9.17) is 9.47 Å². The van der Waals surface area contributed by atoms with Gasteiger partial charge in [-0.1, -0.05) is 5.57 Å². The summed E-state index contributed by atoms with van der Waals surface area (Å²) in [7, 11) is 3.35. The predicted molar refractivity (Wildman–Crippen MR) is 130 cm³/mol. The SMILES string of the molecule is COC1=C(F)C=C(CC2CCOc3cc(-c4ccnc(Nc5ccnn5C)n4)cc4nnc2n34)CC1. The minimum absolute atomic E-state index is 0.0731. The van der Waals surface area contributed by atoms with E-state index >= 15 is 0 Å². The standard InChI is InChI=1S/C25H25FN8O2/c1-33-21(6-9-28-33)30-25-27-8-5-19(29-25)17-13-22-31-32-24-16(7-10-36-23(14-17)34(22)24)11-15-3-4-20(35-2)18(26)12-15/h5-6,8-9,12-14,16H,3-4,7,10-11H2,1-2H3,(H,27,29,30). The molecule has 0 amide bonds. The van der Waals surface area contributed by atoms with Crippen molar-refractivity contribution in [1.29, 1.82) is 0 Å². The minimum atomic E-state index is -0.290. The van der Waals surface area contributed by atoms with Crippen LogP contribution in [0.3, 0.4) is 0 Å². The Hall–Kier alpha value is -4.28. The predicted octanol–water partition coefficient (Wildman–Crippen LogP) is 4.47. The van der Waals surface area contributed by atoms with Gasteiger partial charge in [-0.15, -0.1) is 10.2 Å². The highest BCUT2D eigenvalue weighted by Gasteiger charge is 2.27. The fraction of sp³-hybridized carbons (Fsp3) is 0.320. The van der Waals surface area contributed by atoms with Gasteiger partial charge in [0.25, 0.3) is 0 Å². The molecule has 4 aromatic heterocycles. The van der Waals surface area contributed by atoms with Gasteiger partial charge in [-0.2, -0.15) is 5.10 Å². The Morgan fingerprint density at radius 3 is 2.92 bits per heavy atom. The second-order valence-electron chi connectivity index (χ2n) is 8.88. The van der Waals surface area contributed by atoms with E-state index in [9.17, 15) is 4.39 Å². The fourth-order valence-corrected chi connectivity index (χ4v) is 4.75. The third kappa shape index (κ3) is 4.06. The summed E-state index contributed by atoms with van der Waals surface area (Å²) in [6, 6.07) is 7.58. The Bertz CT molecular complexity index is 1500. The number of allylic oxidation sites excluding steroid dienone is 4. The first-order valence-corrected chi connectivity index (χ1v) is 11.8. The average Bonchev–Trinajstić information content (AvgIpc) is 3.44. The molecule has 0 bridgehead atoms. The number of hydrogen-bond acceptors (Lipinski definition) is 8. The Balaban J connectivity index is 1.31. The molecule has 0 aromatic carbocycles. The zero-order valence-electron chi connectivity index (χ0n) is 20.0. The molecular weight excluding hydrogens is 463 g/mol. The molecule has 1 aliphatic carbocycles. The number of nitrogens with one attached hydrogen (secondary N) is 1. The smallest absolute Gasteiger partial charge is 0.228 e. The maximum absolute atomic E-state index is 14.3. The normalized spacial score (nSPS) is 17.5. The number of pyridine rings is 1. The van der Waals surface area contributed by atoms with Crippen molar-refractivity contribution < 1.29 is 13.9 Å². The largest absolute Gasteiger partial charge is 0.498 e. The Morgan fingerprint density at radius 1 is 1.19 bits per heavy atom. The van der Waals surface area contributed by atoms with Crippen molar-refractivity contribution in [2.24, 2.45) is 7.05 Å². The molecule has 1 aliphatic heterocycles. The van der Waals surface area contributed by atoms with Crippen LogP contribution in [0.4, 0.5) is 16.2 Å². The molecule has 184 valence electrons. The highest BCUT2D eigenvalue weighted by Crippen LogP contribution is 2.37. The van der Waals surface area contributed by atoms with Gasteiger partial charge in [-0.3, -0.25) is 4.68 Å². The summed E-state index contributed by atoms with van der Waals surface area (Å²) in [6.45, 7) is 0.526. The summed E-state index contributed by atoms with van der Waals surface area (Å²) in [5, 5.41) is 16.3. The summed E-state index contributed by atoms with van der Waals surface area (Å²) < 4.78 is 29.2. The van der Waals surface area contributed by atoms with Gasteiger partial charge < -0.3 is 14.8 Å². The van der Waals surface area contributed by atoms with E-state index in [-0.39, 0.29) is 11.7 Å². The van der Waals surface area contributed by atoms with Gasteiger partial charge >= 0.3 is 0 Å². The molecule has 4 aromatic rings. The fourth-order valence-electron chi connectivity index (χ4n) is 4.75. The number of aryl methyl sites for hydroxylation is 1. The number of hydrogen-bond donors (Lipinski definition) is 1. The van der Waals surface area contributed by atoms with E-state index in [2.05, 4.69) is 30.6 Å². The third-order valence-corrected chi connectivity index (χ3v) is 6.62. The lowest BCUT2D eigenvalue weighted by Gasteiger charge is -2.19. The number of methoxy groups -OCH3 is 1. The molecule has 0 radical (unpaired) electrons. The number of halogens is 1. The highest BCUT2D eigenvalue weighted by molar-refractivity contribution is 5.67. The van der Waals surface area contributed by atoms with Crippen LogP contribution in [-0.2, 0) is 11.8 Å². The van der Waals surface area contributed by atoms with E-state index in [0.29, 0.717) is 42.7 Å². The highest BCUT2D eigenvalue weighted by atomic mass is 19.1. The van der Waals surface area contributed by atoms with Crippen LogP contribution in [0.5, 0.6) is 5.88 Å². The van der Waals surface area contributed by atoms with Gasteiger partial charge in [0.15, 0.2) is 11.5 Å². The Kier molecular flexibility index (Phi) is 5.59. The lowest BCUT2D eigenvalue weighted by molar-refractivity contribution is 0.259. The lowest BCUT2D eigenvalue weighted by atomic mass is 9.90. The molecule has 11 heteroatoms. The molecule has 10 nitrogen and oxygen atoms in total. The summed E-state index contributed by atoms with van der Waals surface area (Å²) in [4.78, 5) is 8.99. The molecule has 36 heavy (non-hydrogen) atoms. The number of nitrogens with zero attached hydrogens (tertiary/aromatic N) is 7. The van der Waals surface area contributed by atoms with Gasteiger partial charge in [0.05, 0.1) is 25.6 Å². The molecule has 1 atom stereocenters. The summed E-state index contributed by atoms with van der Waals surface area (Å²) in [6.07, 6.45) is 7.81. The molecule has 0 fully saturated rings. The van der Waals surface area contributed by atoms with E-state index in [1.54, 1.807) is 23.2 Å². The number of rotatable bonds is 6. The van der Waals surface area contributed by atoms with Gasteiger partial charge in [0.1, 0.15) is 17.4 Å². The van der Waals surface area contributed by atoms with Crippen molar-refractivity contribution in [2.45, 2.75) is 31.6 Å². The maximum atomic E-state index is 14.3. The van der Waals surface area contributed by atoms with Crippen molar-refractivity contribution >= 4 is 17.4 Å². The molecule has 0 saturated carbocycles. The van der Waals surface area contributed by atoms with Crippen molar-refractivity contribution in [3.05, 3.63) is 65.7 Å². The first-order valence-electron chi connectivity index (χ1n) is 11.8. The zero-order valence-corrected chi connectivity index (χ0v) is 20.0. The van der Waals surface area contributed by atoms with E-state index in [1.165, 1.54) is 7.11 Å².